The minimum absolute atomic E-state index is 0.146. The third kappa shape index (κ3) is 3.98. The standard InChI is InChI=1S/C12H24N2OS/c1-4-5-6-11(13)12(15)14-7-9(2)16-10(3)8-14/h9-11H,4-8,13H2,1-3H3. The zero-order valence-electron chi connectivity index (χ0n) is 10.6. The van der Waals surface area contributed by atoms with Gasteiger partial charge in [-0.2, -0.15) is 11.8 Å². The van der Waals surface area contributed by atoms with Crippen LogP contribution in [0, 0.1) is 0 Å². The smallest absolute Gasteiger partial charge is 0.239 e. The van der Waals surface area contributed by atoms with Gasteiger partial charge in [0.25, 0.3) is 0 Å². The Labute approximate surface area is 103 Å². The molecule has 16 heavy (non-hydrogen) atoms. The minimum Gasteiger partial charge on any atom is -0.339 e. The van der Waals surface area contributed by atoms with Crippen LogP contribution in [0.15, 0.2) is 0 Å². The quantitative estimate of drug-likeness (QED) is 0.821. The molecule has 0 bridgehead atoms. The van der Waals surface area contributed by atoms with Crippen LogP contribution in [-0.4, -0.2) is 40.4 Å². The lowest BCUT2D eigenvalue weighted by Crippen LogP contribution is -2.50. The fourth-order valence-corrected chi connectivity index (χ4v) is 3.47. The molecule has 0 aromatic rings. The highest BCUT2D eigenvalue weighted by atomic mass is 32.2. The molecule has 0 spiro atoms. The molecule has 0 aromatic carbocycles. The molecule has 3 unspecified atom stereocenters. The first-order valence-electron chi connectivity index (χ1n) is 6.24. The van der Waals surface area contributed by atoms with Gasteiger partial charge < -0.3 is 10.6 Å². The van der Waals surface area contributed by atoms with Crippen molar-refractivity contribution >= 4 is 17.7 Å². The second kappa shape index (κ2) is 6.50. The molecule has 1 aliphatic rings. The molecule has 4 heteroatoms. The van der Waals surface area contributed by atoms with Crippen LogP contribution in [0.1, 0.15) is 40.0 Å². The maximum absolute atomic E-state index is 12.1. The molecule has 0 radical (unpaired) electrons. The van der Waals surface area contributed by atoms with E-state index in [2.05, 4.69) is 20.8 Å². The van der Waals surface area contributed by atoms with E-state index >= 15 is 0 Å². The number of nitrogens with zero attached hydrogens (tertiary/aromatic N) is 1. The molecule has 0 saturated carbocycles. The average Bonchev–Trinajstić information content (AvgIpc) is 2.23. The van der Waals surface area contributed by atoms with E-state index < -0.39 is 0 Å². The summed E-state index contributed by atoms with van der Waals surface area (Å²) < 4.78 is 0. The first-order chi connectivity index (χ1) is 7.54. The van der Waals surface area contributed by atoms with Crippen molar-refractivity contribution < 1.29 is 4.79 Å². The number of carbonyl (C=O) groups is 1. The maximum atomic E-state index is 12.1. The minimum atomic E-state index is -0.289. The second-order valence-corrected chi connectivity index (χ2v) is 6.63. The summed E-state index contributed by atoms with van der Waals surface area (Å²) in [4.78, 5) is 14.0. The van der Waals surface area contributed by atoms with Crippen molar-refractivity contribution in [2.45, 2.75) is 56.6 Å². The van der Waals surface area contributed by atoms with Gasteiger partial charge in [0.05, 0.1) is 6.04 Å². The molecule has 94 valence electrons. The number of hydrogen-bond donors (Lipinski definition) is 1. The van der Waals surface area contributed by atoms with Gasteiger partial charge in [0.1, 0.15) is 0 Å². The van der Waals surface area contributed by atoms with Crippen molar-refractivity contribution in [1.29, 1.82) is 0 Å². The Kier molecular flexibility index (Phi) is 5.62. The highest BCUT2D eigenvalue weighted by Crippen LogP contribution is 2.25. The van der Waals surface area contributed by atoms with E-state index in [9.17, 15) is 4.79 Å². The molecule has 3 nitrogen and oxygen atoms in total. The van der Waals surface area contributed by atoms with Crippen molar-refractivity contribution in [3.05, 3.63) is 0 Å². The van der Waals surface area contributed by atoms with Gasteiger partial charge in [-0.1, -0.05) is 33.6 Å². The van der Waals surface area contributed by atoms with Gasteiger partial charge >= 0.3 is 0 Å². The zero-order chi connectivity index (χ0) is 12.1. The number of unbranched alkanes of at least 4 members (excludes halogenated alkanes) is 1. The van der Waals surface area contributed by atoms with Crippen molar-refractivity contribution in [2.24, 2.45) is 5.73 Å². The molecule has 1 amide bonds. The predicted molar refractivity (Wildman–Crippen MR) is 70.6 cm³/mol. The third-order valence-corrected chi connectivity index (χ3v) is 4.14. The van der Waals surface area contributed by atoms with Crippen molar-refractivity contribution in [1.82, 2.24) is 4.90 Å². The summed E-state index contributed by atoms with van der Waals surface area (Å²) in [5.74, 6) is 0.146. The summed E-state index contributed by atoms with van der Waals surface area (Å²) in [5.41, 5.74) is 5.93. The van der Waals surface area contributed by atoms with Gasteiger partial charge in [-0.25, -0.2) is 0 Å². The van der Waals surface area contributed by atoms with Crippen LogP contribution < -0.4 is 5.73 Å². The summed E-state index contributed by atoms with van der Waals surface area (Å²) in [7, 11) is 0. The lowest BCUT2D eigenvalue weighted by molar-refractivity contribution is -0.132. The highest BCUT2D eigenvalue weighted by Gasteiger charge is 2.28. The molecular weight excluding hydrogens is 220 g/mol. The van der Waals surface area contributed by atoms with Crippen LogP contribution in [0.2, 0.25) is 0 Å². The fourth-order valence-electron chi connectivity index (χ4n) is 2.14. The molecule has 1 fully saturated rings. The number of carbonyl (C=O) groups excluding carboxylic acids is 1. The summed E-state index contributed by atoms with van der Waals surface area (Å²) >= 11 is 1.96. The molecule has 1 saturated heterocycles. The van der Waals surface area contributed by atoms with Crippen molar-refractivity contribution in [2.75, 3.05) is 13.1 Å². The van der Waals surface area contributed by atoms with Crippen LogP contribution in [0.25, 0.3) is 0 Å². The molecule has 3 atom stereocenters. The first kappa shape index (κ1) is 13.8. The fraction of sp³-hybridized carbons (Fsp3) is 0.917. The van der Waals surface area contributed by atoms with Gasteiger partial charge in [0, 0.05) is 23.6 Å². The molecule has 1 aliphatic heterocycles. The molecular formula is C12H24N2OS. The summed E-state index contributed by atoms with van der Waals surface area (Å²) in [5, 5.41) is 1.07. The Bertz CT molecular complexity index is 225. The Balaban J connectivity index is 2.45. The first-order valence-corrected chi connectivity index (χ1v) is 7.18. The SMILES string of the molecule is CCCCC(N)C(=O)N1CC(C)SC(C)C1. The van der Waals surface area contributed by atoms with Crippen LogP contribution in [0.4, 0.5) is 0 Å². The number of amides is 1. The molecule has 1 rings (SSSR count). The summed E-state index contributed by atoms with van der Waals surface area (Å²) in [6.45, 7) is 8.19. The third-order valence-electron chi connectivity index (χ3n) is 2.92. The van der Waals surface area contributed by atoms with E-state index in [1.54, 1.807) is 0 Å². The van der Waals surface area contributed by atoms with Gasteiger partial charge in [-0.15, -0.1) is 0 Å². The molecule has 2 N–H and O–H groups in total. The van der Waals surface area contributed by atoms with Crippen LogP contribution in [0.5, 0.6) is 0 Å². The maximum Gasteiger partial charge on any atom is 0.239 e. The van der Waals surface area contributed by atoms with Crippen LogP contribution in [-0.2, 0) is 4.79 Å². The number of hydrogen-bond acceptors (Lipinski definition) is 3. The zero-order valence-corrected chi connectivity index (χ0v) is 11.4. The van der Waals surface area contributed by atoms with Gasteiger partial charge in [0.2, 0.25) is 5.91 Å². The summed E-state index contributed by atoms with van der Waals surface area (Å²) in [6, 6.07) is -0.289. The monoisotopic (exact) mass is 244 g/mol. The molecule has 1 heterocycles. The topological polar surface area (TPSA) is 46.3 Å². The molecule has 0 aliphatic carbocycles. The van der Waals surface area contributed by atoms with E-state index in [0.717, 1.165) is 32.4 Å². The number of thioether (sulfide) groups is 1. The van der Waals surface area contributed by atoms with Crippen LogP contribution >= 0.6 is 11.8 Å². The van der Waals surface area contributed by atoms with E-state index in [4.69, 9.17) is 5.73 Å². The Morgan fingerprint density at radius 2 is 2.00 bits per heavy atom. The Hall–Kier alpha value is -0.220. The van der Waals surface area contributed by atoms with E-state index in [1.165, 1.54) is 0 Å². The van der Waals surface area contributed by atoms with Gasteiger partial charge in [0.15, 0.2) is 0 Å². The van der Waals surface area contributed by atoms with Crippen molar-refractivity contribution in [3.63, 3.8) is 0 Å². The summed E-state index contributed by atoms with van der Waals surface area (Å²) in [6.07, 6.45) is 2.96. The predicted octanol–water partition coefficient (Wildman–Crippen LogP) is 1.86. The van der Waals surface area contributed by atoms with Crippen molar-refractivity contribution in [3.8, 4) is 0 Å². The number of rotatable bonds is 4. The van der Waals surface area contributed by atoms with Gasteiger partial charge in [-0.3, -0.25) is 4.79 Å². The average molecular weight is 244 g/mol. The lowest BCUT2D eigenvalue weighted by atomic mass is 10.1. The second-order valence-electron chi connectivity index (χ2n) is 4.75. The normalized spacial score (nSPS) is 27.9. The molecule has 0 aromatic heterocycles. The van der Waals surface area contributed by atoms with Crippen LogP contribution in [0.3, 0.4) is 0 Å². The van der Waals surface area contributed by atoms with E-state index in [0.29, 0.717) is 10.5 Å². The Morgan fingerprint density at radius 1 is 1.44 bits per heavy atom. The van der Waals surface area contributed by atoms with Gasteiger partial charge in [-0.05, 0) is 6.42 Å². The number of nitrogens with two attached hydrogens (primary N) is 1. The largest absolute Gasteiger partial charge is 0.339 e. The Morgan fingerprint density at radius 3 is 2.50 bits per heavy atom. The van der Waals surface area contributed by atoms with E-state index in [-0.39, 0.29) is 11.9 Å². The highest BCUT2D eigenvalue weighted by molar-refractivity contribution is 8.00. The van der Waals surface area contributed by atoms with E-state index in [1.807, 2.05) is 16.7 Å². The lowest BCUT2D eigenvalue weighted by Gasteiger charge is -2.36.